The maximum absolute atomic E-state index is 10.8. The average Bonchev–Trinajstić information content (AvgIpc) is 2.73. The third-order valence-corrected chi connectivity index (χ3v) is 3.33. The van der Waals surface area contributed by atoms with Gasteiger partial charge in [-0.05, 0) is 44.8 Å². The lowest BCUT2D eigenvalue weighted by atomic mass is 9.96. The fourth-order valence-corrected chi connectivity index (χ4v) is 2.36. The van der Waals surface area contributed by atoms with Crippen LogP contribution in [0, 0.1) is 16.5 Å². The number of nitrogens with zero attached hydrogens (tertiary/aromatic N) is 2. The number of nitro groups is 1. The van der Waals surface area contributed by atoms with Gasteiger partial charge in [-0.3, -0.25) is 15.0 Å². The number of likely N-dealkylation sites (tertiary alicyclic amines) is 1. The van der Waals surface area contributed by atoms with Gasteiger partial charge < -0.3 is 0 Å². The maximum Gasteiger partial charge on any atom is 0.253 e. The molecule has 0 amide bonds. The quantitative estimate of drug-likeness (QED) is 0.542. The van der Waals surface area contributed by atoms with Gasteiger partial charge in [0.1, 0.15) is 0 Å². The van der Waals surface area contributed by atoms with E-state index in [0.717, 1.165) is 30.8 Å². The van der Waals surface area contributed by atoms with Crippen LogP contribution < -0.4 is 0 Å². The van der Waals surface area contributed by atoms with Crippen LogP contribution in [-0.4, -0.2) is 29.5 Å². The Labute approximate surface area is 95.8 Å². The van der Waals surface area contributed by atoms with E-state index in [4.69, 9.17) is 0 Å². The summed E-state index contributed by atoms with van der Waals surface area (Å²) in [6.45, 7) is 4.98. The van der Waals surface area contributed by atoms with Crippen molar-refractivity contribution in [3.63, 3.8) is 0 Å². The van der Waals surface area contributed by atoms with Gasteiger partial charge in [0.25, 0.3) is 5.70 Å². The first-order valence-electron chi connectivity index (χ1n) is 5.78. The van der Waals surface area contributed by atoms with Crippen LogP contribution in [-0.2, 0) is 0 Å². The monoisotopic (exact) mass is 221 g/mol. The zero-order valence-electron chi connectivity index (χ0n) is 9.61. The van der Waals surface area contributed by atoms with Gasteiger partial charge in [0, 0.05) is 12.1 Å². The third kappa shape index (κ3) is 2.32. The fraction of sp³-hybridized carbons (Fsp3) is 0.583. The van der Waals surface area contributed by atoms with Crippen molar-refractivity contribution in [1.82, 2.24) is 4.90 Å². The second-order valence-electron chi connectivity index (χ2n) is 4.42. The van der Waals surface area contributed by atoms with Crippen LogP contribution in [0.1, 0.15) is 26.2 Å². The largest absolute Gasteiger partial charge is 0.299 e. The summed E-state index contributed by atoms with van der Waals surface area (Å²) in [5, 5.41) is 10.8. The van der Waals surface area contributed by atoms with Crippen molar-refractivity contribution in [2.45, 2.75) is 26.2 Å². The molecule has 1 aliphatic heterocycles. The molecule has 2 rings (SSSR count). The summed E-state index contributed by atoms with van der Waals surface area (Å²) in [7, 11) is 0. The Bertz CT molecular complexity index is 352. The molecule has 0 aromatic rings. The second-order valence-corrected chi connectivity index (χ2v) is 4.42. The molecule has 0 N–H and O–H groups in total. The molecule has 0 aromatic heterocycles. The minimum Gasteiger partial charge on any atom is -0.299 e. The number of rotatable bonds is 3. The molecule has 0 saturated carbocycles. The highest BCUT2D eigenvalue weighted by Crippen LogP contribution is 2.26. The first-order valence-corrected chi connectivity index (χ1v) is 5.78. The Morgan fingerprint density at radius 2 is 2.12 bits per heavy atom. The van der Waals surface area contributed by atoms with Crippen molar-refractivity contribution in [1.29, 1.82) is 0 Å². The van der Waals surface area contributed by atoms with Crippen molar-refractivity contribution >= 4 is 0 Å². The van der Waals surface area contributed by atoms with E-state index < -0.39 is 0 Å². The molecular formula is C12H17N2O2. The standard InChI is InChI=1S/C12H17N2O2/c1-10-11(9-13-7-2-3-8-13)5-4-6-12(10)14(15)16/h5-6H,2-4,7-9H2,1H3. The van der Waals surface area contributed by atoms with Crippen LogP contribution in [0.15, 0.2) is 22.9 Å². The van der Waals surface area contributed by atoms with Gasteiger partial charge in [0.05, 0.1) is 11.3 Å². The van der Waals surface area contributed by atoms with Crippen LogP contribution in [0.3, 0.4) is 0 Å². The summed E-state index contributed by atoms with van der Waals surface area (Å²) in [5.74, 6) is 0. The first kappa shape index (κ1) is 11.3. The van der Waals surface area contributed by atoms with E-state index in [1.165, 1.54) is 12.8 Å². The molecule has 1 saturated heterocycles. The summed E-state index contributed by atoms with van der Waals surface area (Å²) in [6.07, 6.45) is 7.01. The lowest BCUT2D eigenvalue weighted by Gasteiger charge is -2.20. The Morgan fingerprint density at radius 3 is 2.75 bits per heavy atom. The normalized spacial score (nSPS) is 22.4. The summed E-state index contributed by atoms with van der Waals surface area (Å²) >= 11 is 0. The summed E-state index contributed by atoms with van der Waals surface area (Å²) in [5.41, 5.74) is 2.26. The van der Waals surface area contributed by atoms with E-state index in [9.17, 15) is 10.1 Å². The van der Waals surface area contributed by atoms with Crippen LogP contribution in [0.2, 0.25) is 0 Å². The molecule has 2 aliphatic rings. The van der Waals surface area contributed by atoms with Crippen LogP contribution >= 0.6 is 0 Å². The topological polar surface area (TPSA) is 46.4 Å². The van der Waals surface area contributed by atoms with E-state index in [0.29, 0.717) is 6.42 Å². The molecule has 1 heterocycles. The third-order valence-electron chi connectivity index (χ3n) is 3.33. The molecule has 1 aliphatic carbocycles. The average molecular weight is 221 g/mol. The highest BCUT2D eigenvalue weighted by Gasteiger charge is 2.23. The molecule has 0 atom stereocenters. The SMILES string of the molecule is CC1=C([N+](=O)[O-])[CH]CC=C1CN1CCCC1. The Balaban J connectivity index is 2.09. The van der Waals surface area contributed by atoms with Crippen molar-refractivity contribution in [3.05, 3.63) is 39.5 Å². The molecule has 4 heteroatoms. The molecule has 1 radical (unpaired) electrons. The van der Waals surface area contributed by atoms with Crippen molar-refractivity contribution < 1.29 is 4.92 Å². The summed E-state index contributed by atoms with van der Waals surface area (Å²) in [6, 6.07) is 0. The van der Waals surface area contributed by atoms with Gasteiger partial charge in [-0.15, -0.1) is 0 Å². The second kappa shape index (κ2) is 4.78. The minimum atomic E-state index is -0.272. The number of allylic oxidation sites excluding steroid dienone is 2. The molecule has 1 fully saturated rings. The van der Waals surface area contributed by atoms with Crippen molar-refractivity contribution in [2.75, 3.05) is 19.6 Å². The van der Waals surface area contributed by atoms with E-state index in [2.05, 4.69) is 11.0 Å². The minimum absolute atomic E-state index is 0.272. The van der Waals surface area contributed by atoms with E-state index in [-0.39, 0.29) is 10.6 Å². The van der Waals surface area contributed by atoms with Gasteiger partial charge in [0.2, 0.25) is 0 Å². The molecule has 87 valence electrons. The van der Waals surface area contributed by atoms with Crippen LogP contribution in [0.5, 0.6) is 0 Å². The Kier molecular flexibility index (Phi) is 3.39. The highest BCUT2D eigenvalue weighted by atomic mass is 16.6. The predicted octanol–water partition coefficient (Wildman–Crippen LogP) is 2.17. The van der Waals surface area contributed by atoms with Gasteiger partial charge in [-0.25, -0.2) is 0 Å². The van der Waals surface area contributed by atoms with Crippen molar-refractivity contribution in [2.24, 2.45) is 0 Å². The number of hydrogen-bond donors (Lipinski definition) is 0. The first-order chi connectivity index (χ1) is 7.68. The number of hydrogen-bond acceptors (Lipinski definition) is 3. The molecule has 0 spiro atoms. The van der Waals surface area contributed by atoms with Crippen LogP contribution in [0.25, 0.3) is 0 Å². The van der Waals surface area contributed by atoms with E-state index >= 15 is 0 Å². The van der Waals surface area contributed by atoms with Gasteiger partial charge in [0.15, 0.2) is 0 Å². The van der Waals surface area contributed by atoms with E-state index in [1.54, 1.807) is 6.42 Å². The molecule has 0 unspecified atom stereocenters. The lowest BCUT2D eigenvalue weighted by molar-refractivity contribution is -0.423. The predicted molar refractivity (Wildman–Crippen MR) is 62.4 cm³/mol. The summed E-state index contributed by atoms with van der Waals surface area (Å²) < 4.78 is 0. The molecule has 4 nitrogen and oxygen atoms in total. The maximum atomic E-state index is 10.8. The molecule has 0 bridgehead atoms. The smallest absolute Gasteiger partial charge is 0.253 e. The zero-order valence-corrected chi connectivity index (χ0v) is 9.61. The van der Waals surface area contributed by atoms with Gasteiger partial charge >= 0.3 is 0 Å². The zero-order chi connectivity index (χ0) is 11.5. The summed E-state index contributed by atoms with van der Waals surface area (Å²) in [4.78, 5) is 12.9. The Hall–Kier alpha value is -1.16. The van der Waals surface area contributed by atoms with Crippen LogP contribution in [0.4, 0.5) is 0 Å². The van der Waals surface area contributed by atoms with Gasteiger partial charge in [-0.1, -0.05) is 6.08 Å². The molecule has 0 aromatic carbocycles. The lowest BCUT2D eigenvalue weighted by Crippen LogP contribution is -2.24. The Morgan fingerprint density at radius 1 is 1.44 bits per heavy atom. The van der Waals surface area contributed by atoms with Crippen molar-refractivity contribution in [3.8, 4) is 0 Å². The molecule has 16 heavy (non-hydrogen) atoms. The van der Waals surface area contributed by atoms with E-state index in [1.807, 2.05) is 6.92 Å². The fourth-order valence-electron chi connectivity index (χ4n) is 2.36. The molecular weight excluding hydrogens is 204 g/mol. The van der Waals surface area contributed by atoms with Gasteiger partial charge in [-0.2, -0.15) is 0 Å². The highest BCUT2D eigenvalue weighted by molar-refractivity contribution is 5.39.